The lowest BCUT2D eigenvalue weighted by molar-refractivity contribution is -0.130. The van der Waals surface area contributed by atoms with Gasteiger partial charge in [0.15, 0.2) is 9.84 Å². The van der Waals surface area contributed by atoms with E-state index in [9.17, 15) is 13.2 Å². The second kappa shape index (κ2) is 8.61. The standard InChI is InChI=1S/C21H22N2O5S2/c1-27-15-6-8-17(9-7-15)30(25,26)14-20(24)23-12-10-16(11-13-23)28-21-22-18-4-2-3-5-19(18)29-21/h2-9,16H,10-14H2,1H3. The number of para-hydroxylation sites is 1. The predicted molar refractivity (Wildman–Crippen MR) is 115 cm³/mol. The van der Waals surface area contributed by atoms with Gasteiger partial charge in [-0.2, -0.15) is 0 Å². The molecule has 1 saturated heterocycles. The molecule has 1 aromatic heterocycles. The number of sulfone groups is 1. The van der Waals surface area contributed by atoms with Crippen molar-refractivity contribution in [3.05, 3.63) is 48.5 Å². The number of amides is 1. The van der Waals surface area contributed by atoms with Gasteiger partial charge in [-0.1, -0.05) is 23.5 Å². The van der Waals surface area contributed by atoms with Crippen LogP contribution >= 0.6 is 11.3 Å². The minimum absolute atomic E-state index is 0.0344. The number of carbonyl (C=O) groups excluding carboxylic acids is 1. The summed E-state index contributed by atoms with van der Waals surface area (Å²) < 4.78 is 37.2. The van der Waals surface area contributed by atoms with E-state index in [1.165, 1.54) is 30.6 Å². The molecule has 0 atom stereocenters. The summed E-state index contributed by atoms with van der Waals surface area (Å²) >= 11 is 1.50. The highest BCUT2D eigenvalue weighted by Gasteiger charge is 2.28. The Hall–Kier alpha value is -2.65. The van der Waals surface area contributed by atoms with E-state index >= 15 is 0 Å². The third-order valence-corrected chi connectivity index (χ3v) is 7.61. The number of fused-ring (bicyclic) bond motifs is 1. The molecule has 1 fully saturated rings. The highest BCUT2D eigenvalue weighted by atomic mass is 32.2. The maximum absolute atomic E-state index is 12.6. The van der Waals surface area contributed by atoms with Crippen LogP contribution < -0.4 is 9.47 Å². The van der Waals surface area contributed by atoms with Gasteiger partial charge in [0.2, 0.25) is 5.91 Å². The van der Waals surface area contributed by atoms with Gasteiger partial charge in [0.1, 0.15) is 17.6 Å². The van der Waals surface area contributed by atoms with Gasteiger partial charge in [-0.3, -0.25) is 4.79 Å². The Bertz CT molecular complexity index is 1100. The number of benzene rings is 2. The van der Waals surface area contributed by atoms with Crippen molar-refractivity contribution < 1.29 is 22.7 Å². The zero-order valence-electron chi connectivity index (χ0n) is 16.5. The van der Waals surface area contributed by atoms with Gasteiger partial charge in [0.05, 0.1) is 22.2 Å². The molecule has 9 heteroatoms. The molecule has 2 aromatic carbocycles. The number of hydrogen-bond donors (Lipinski definition) is 0. The first kappa shape index (κ1) is 20.6. The summed E-state index contributed by atoms with van der Waals surface area (Å²) in [6.07, 6.45) is 1.25. The summed E-state index contributed by atoms with van der Waals surface area (Å²) in [6, 6.07) is 13.9. The molecule has 0 unspecified atom stereocenters. The molecule has 0 aliphatic carbocycles. The number of nitrogens with zero attached hydrogens (tertiary/aromatic N) is 2. The number of rotatable bonds is 6. The fourth-order valence-electron chi connectivity index (χ4n) is 3.39. The van der Waals surface area contributed by atoms with Gasteiger partial charge in [0.25, 0.3) is 5.19 Å². The highest BCUT2D eigenvalue weighted by molar-refractivity contribution is 7.92. The lowest BCUT2D eigenvalue weighted by Crippen LogP contribution is -2.44. The average molecular weight is 447 g/mol. The van der Waals surface area contributed by atoms with Crippen molar-refractivity contribution >= 4 is 37.3 Å². The first-order chi connectivity index (χ1) is 14.4. The van der Waals surface area contributed by atoms with E-state index in [0.717, 1.165) is 10.2 Å². The molecule has 0 radical (unpaired) electrons. The first-order valence-electron chi connectivity index (χ1n) is 9.61. The topological polar surface area (TPSA) is 85.8 Å². The maximum Gasteiger partial charge on any atom is 0.274 e. The molecule has 2 heterocycles. The van der Waals surface area contributed by atoms with Crippen LogP contribution in [0.4, 0.5) is 0 Å². The zero-order valence-corrected chi connectivity index (χ0v) is 18.1. The molecule has 4 rings (SSSR count). The molecule has 0 spiro atoms. The second-order valence-corrected chi connectivity index (χ2v) is 10.1. The van der Waals surface area contributed by atoms with Crippen LogP contribution in [0.15, 0.2) is 53.4 Å². The minimum atomic E-state index is -3.70. The van der Waals surface area contributed by atoms with Crippen molar-refractivity contribution in [3.63, 3.8) is 0 Å². The number of hydrogen-bond acceptors (Lipinski definition) is 7. The summed E-state index contributed by atoms with van der Waals surface area (Å²) in [4.78, 5) is 18.8. The molecular weight excluding hydrogens is 424 g/mol. The third kappa shape index (κ3) is 4.57. The van der Waals surface area contributed by atoms with Gasteiger partial charge in [-0.25, -0.2) is 13.4 Å². The zero-order chi connectivity index (χ0) is 21.1. The van der Waals surface area contributed by atoms with Crippen LogP contribution in [0, 0.1) is 0 Å². The Morgan fingerprint density at radius 2 is 1.83 bits per heavy atom. The van der Waals surface area contributed by atoms with E-state index in [4.69, 9.17) is 9.47 Å². The summed E-state index contributed by atoms with van der Waals surface area (Å²) in [5, 5.41) is 0.628. The number of ether oxygens (including phenoxy) is 2. The first-order valence-corrected chi connectivity index (χ1v) is 12.1. The van der Waals surface area contributed by atoms with Crippen LogP contribution in [0.5, 0.6) is 10.9 Å². The molecule has 158 valence electrons. The lowest BCUT2D eigenvalue weighted by atomic mass is 10.1. The molecule has 7 nitrogen and oxygen atoms in total. The Balaban J connectivity index is 1.32. The Kier molecular flexibility index (Phi) is 5.92. The number of likely N-dealkylation sites (tertiary alicyclic amines) is 1. The van der Waals surface area contributed by atoms with Crippen molar-refractivity contribution in [2.45, 2.75) is 23.8 Å². The second-order valence-electron chi connectivity index (χ2n) is 7.08. The Morgan fingerprint density at radius 1 is 1.13 bits per heavy atom. The smallest absolute Gasteiger partial charge is 0.274 e. The summed E-state index contributed by atoms with van der Waals surface area (Å²) in [6.45, 7) is 0.930. The third-order valence-electron chi connectivity index (χ3n) is 5.07. The highest BCUT2D eigenvalue weighted by Crippen LogP contribution is 2.29. The maximum atomic E-state index is 12.6. The van der Waals surface area contributed by atoms with Gasteiger partial charge >= 0.3 is 0 Å². The van der Waals surface area contributed by atoms with E-state index < -0.39 is 15.6 Å². The van der Waals surface area contributed by atoms with Gasteiger partial charge in [-0.05, 0) is 36.4 Å². The van der Waals surface area contributed by atoms with Crippen molar-refractivity contribution in [3.8, 4) is 10.9 Å². The normalized spacial score (nSPS) is 15.3. The number of carbonyl (C=O) groups is 1. The molecule has 1 aliphatic heterocycles. The molecule has 0 saturated carbocycles. The monoisotopic (exact) mass is 446 g/mol. The largest absolute Gasteiger partial charge is 0.497 e. The number of aromatic nitrogens is 1. The fourth-order valence-corrected chi connectivity index (χ4v) is 5.49. The predicted octanol–water partition coefficient (Wildman–Crippen LogP) is 3.15. The Morgan fingerprint density at radius 3 is 2.50 bits per heavy atom. The lowest BCUT2D eigenvalue weighted by Gasteiger charge is -2.31. The molecular formula is C21H22N2O5S2. The molecule has 3 aromatic rings. The quantitative estimate of drug-likeness (QED) is 0.578. The average Bonchev–Trinajstić information content (AvgIpc) is 3.16. The molecule has 0 N–H and O–H groups in total. The summed E-state index contributed by atoms with van der Waals surface area (Å²) in [5.74, 6) is -0.359. The van der Waals surface area contributed by atoms with Gasteiger partial charge in [0, 0.05) is 25.9 Å². The van der Waals surface area contributed by atoms with Crippen molar-refractivity contribution in [1.29, 1.82) is 0 Å². The SMILES string of the molecule is COc1ccc(S(=O)(=O)CC(=O)N2CCC(Oc3nc4ccccc4s3)CC2)cc1. The van der Waals surface area contributed by atoms with Crippen LogP contribution in [0.25, 0.3) is 10.2 Å². The molecule has 1 amide bonds. The van der Waals surface area contributed by atoms with Crippen LogP contribution in [-0.2, 0) is 14.6 Å². The fraction of sp³-hybridized carbons (Fsp3) is 0.333. The molecule has 0 bridgehead atoms. The molecule has 30 heavy (non-hydrogen) atoms. The van der Waals surface area contributed by atoms with Crippen LogP contribution in [0.3, 0.4) is 0 Å². The van der Waals surface area contributed by atoms with Crippen molar-refractivity contribution in [1.82, 2.24) is 9.88 Å². The number of piperidine rings is 1. The van der Waals surface area contributed by atoms with Crippen molar-refractivity contribution in [2.24, 2.45) is 0 Å². The van der Waals surface area contributed by atoms with Crippen LogP contribution in [-0.4, -0.2) is 56.3 Å². The van der Waals surface area contributed by atoms with E-state index in [1.807, 2.05) is 24.3 Å². The van der Waals surface area contributed by atoms with Gasteiger partial charge in [-0.15, -0.1) is 0 Å². The van der Waals surface area contributed by atoms with E-state index in [0.29, 0.717) is 36.9 Å². The van der Waals surface area contributed by atoms with E-state index in [-0.39, 0.29) is 16.9 Å². The van der Waals surface area contributed by atoms with E-state index in [1.54, 1.807) is 17.0 Å². The summed E-state index contributed by atoms with van der Waals surface area (Å²) in [5.41, 5.74) is 0.911. The van der Waals surface area contributed by atoms with Gasteiger partial charge < -0.3 is 14.4 Å². The van der Waals surface area contributed by atoms with Crippen molar-refractivity contribution in [2.75, 3.05) is 26.0 Å². The number of thiazole rings is 1. The summed E-state index contributed by atoms with van der Waals surface area (Å²) in [7, 11) is -2.19. The minimum Gasteiger partial charge on any atom is -0.497 e. The van der Waals surface area contributed by atoms with E-state index in [2.05, 4.69) is 4.98 Å². The van der Waals surface area contributed by atoms with Crippen LogP contribution in [0.1, 0.15) is 12.8 Å². The Labute approximate surface area is 179 Å². The number of methoxy groups -OCH3 is 1. The molecule has 1 aliphatic rings. The van der Waals surface area contributed by atoms with Crippen LogP contribution in [0.2, 0.25) is 0 Å².